The second-order valence-corrected chi connectivity index (χ2v) is 7.18. The largest absolute Gasteiger partial charge is 0.299 e. The van der Waals surface area contributed by atoms with Gasteiger partial charge in [-0.05, 0) is 43.0 Å². The van der Waals surface area contributed by atoms with Crippen molar-refractivity contribution in [3.05, 3.63) is 27.7 Å². The summed E-state index contributed by atoms with van der Waals surface area (Å²) in [7, 11) is -3.50. The van der Waals surface area contributed by atoms with Gasteiger partial charge in [0, 0.05) is 11.0 Å². The van der Waals surface area contributed by atoms with E-state index in [4.69, 9.17) is 0 Å². The summed E-state index contributed by atoms with van der Waals surface area (Å²) in [5, 5.41) is 0. The normalized spacial score (nSPS) is 11.9. The molecule has 0 spiro atoms. The molecule has 1 rings (SSSR count). The minimum absolute atomic E-state index is 0.272. The third-order valence-electron chi connectivity index (χ3n) is 2.42. The Balaban J connectivity index is 2.91. The predicted octanol–water partition coefficient (Wildman–Crippen LogP) is 2.97. The third kappa shape index (κ3) is 4.59. The second kappa shape index (κ2) is 6.04. The molecule has 4 nitrogen and oxygen atoms in total. The number of benzene rings is 1. The van der Waals surface area contributed by atoms with E-state index >= 15 is 0 Å². The van der Waals surface area contributed by atoms with Gasteiger partial charge in [0.25, 0.3) is 10.2 Å². The van der Waals surface area contributed by atoms with Crippen LogP contribution in [0, 0.1) is 19.8 Å². The van der Waals surface area contributed by atoms with E-state index in [-0.39, 0.29) is 5.92 Å². The predicted molar refractivity (Wildman–Crippen MR) is 79.0 cm³/mol. The molecule has 0 saturated carbocycles. The van der Waals surface area contributed by atoms with Crippen LogP contribution in [0.25, 0.3) is 0 Å². The van der Waals surface area contributed by atoms with Gasteiger partial charge in [-0.1, -0.05) is 29.8 Å². The number of nitrogens with one attached hydrogen (secondary N) is 2. The maximum Gasteiger partial charge on any atom is 0.299 e. The Morgan fingerprint density at radius 2 is 1.72 bits per heavy atom. The average molecular weight is 335 g/mol. The third-order valence-corrected chi connectivity index (χ3v) is 3.89. The van der Waals surface area contributed by atoms with Crippen LogP contribution in [0.1, 0.15) is 25.0 Å². The average Bonchev–Trinajstić information content (AvgIpc) is 2.21. The first-order chi connectivity index (χ1) is 8.21. The number of hydrogen-bond donors (Lipinski definition) is 2. The van der Waals surface area contributed by atoms with Crippen molar-refractivity contribution < 1.29 is 8.42 Å². The van der Waals surface area contributed by atoms with Gasteiger partial charge >= 0.3 is 0 Å². The van der Waals surface area contributed by atoms with Crippen LogP contribution < -0.4 is 9.44 Å². The van der Waals surface area contributed by atoms with Gasteiger partial charge in [-0.15, -0.1) is 0 Å². The lowest BCUT2D eigenvalue weighted by Gasteiger charge is -2.15. The van der Waals surface area contributed by atoms with E-state index in [0.717, 1.165) is 15.6 Å². The zero-order chi connectivity index (χ0) is 13.9. The lowest BCUT2D eigenvalue weighted by molar-refractivity contribution is 0.565. The number of hydrogen-bond acceptors (Lipinski definition) is 2. The minimum Gasteiger partial charge on any atom is -0.271 e. The van der Waals surface area contributed by atoms with E-state index in [0.29, 0.717) is 12.2 Å². The summed E-state index contributed by atoms with van der Waals surface area (Å²) < 4.78 is 29.8. The molecular weight excluding hydrogens is 316 g/mol. The van der Waals surface area contributed by atoms with Crippen LogP contribution in [0.15, 0.2) is 16.6 Å². The van der Waals surface area contributed by atoms with Crippen molar-refractivity contribution >= 4 is 31.8 Å². The highest BCUT2D eigenvalue weighted by Crippen LogP contribution is 2.25. The zero-order valence-corrected chi connectivity index (χ0v) is 13.4. The number of halogens is 1. The fourth-order valence-corrected chi connectivity index (χ4v) is 3.42. The van der Waals surface area contributed by atoms with Crippen LogP contribution >= 0.6 is 15.9 Å². The van der Waals surface area contributed by atoms with Crippen LogP contribution in [0.5, 0.6) is 0 Å². The highest BCUT2D eigenvalue weighted by Gasteiger charge is 2.13. The molecule has 0 radical (unpaired) electrons. The lowest BCUT2D eigenvalue weighted by Crippen LogP contribution is -2.33. The van der Waals surface area contributed by atoms with Crippen molar-refractivity contribution in [1.82, 2.24) is 4.72 Å². The molecule has 18 heavy (non-hydrogen) atoms. The molecule has 0 aliphatic carbocycles. The van der Waals surface area contributed by atoms with Gasteiger partial charge in [0.05, 0.1) is 5.69 Å². The Labute approximate surface area is 117 Å². The molecule has 6 heteroatoms. The van der Waals surface area contributed by atoms with Gasteiger partial charge < -0.3 is 0 Å². The van der Waals surface area contributed by atoms with Crippen molar-refractivity contribution in [3.63, 3.8) is 0 Å². The van der Waals surface area contributed by atoms with Crippen molar-refractivity contribution in [2.24, 2.45) is 5.92 Å². The number of aryl methyl sites for hydroxylation is 2. The van der Waals surface area contributed by atoms with Crippen molar-refractivity contribution in [3.8, 4) is 0 Å². The highest BCUT2D eigenvalue weighted by molar-refractivity contribution is 9.10. The van der Waals surface area contributed by atoms with Crippen LogP contribution in [0.2, 0.25) is 0 Å². The van der Waals surface area contributed by atoms with E-state index < -0.39 is 10.2 Å². The quantitative estimate of drug-likeness (QED) is 0.869. The van der Waals surface area contributed by atoms with Gasteiger partial charge in [-0.2, -0.15) is 13.1 Å². The first kappa shape index (κ1) is 15.5. The molecule has 0 unspecified atom stereocenters. The Bertz CT molecular complexity index is 504. The Hall–Kier alpha value is -0.590. The summed E-state index contributed by atoms with van der Waals surface area (Å²) in [5.41, 5.74) is 2.41. The molecule has 0 amide bonds. The van der Waals surface area contributed by atoms with Crippen molar-refractivity contribution in [2.45, 2.75) is 27.7 Å². The summed E-state index contributed by atoms with van der Waals surface area (Å²) in [5.74, 6) is 0.272. The molecule has 0 heterocycles. The molecule has 0 aromatic heterocycles. The fraction of sp³-hybridized carbons (Fsp3) is 0.500. The van der Waals surface area contributed by atoms with E-state index in [2.05, 4.69) is 25.4 Å². The summed E-state index contributed by atoms with van der Waals surface area (Å²) in [6, 6.07) is 3.76. The van der Waals surface area contributed by atoms with Crippen LogP contribution in [-0.2, 0) is 10.2 Å². The van der Waals surface area contributed by atoms with E-state index in [1.807, 2.05) is 39.8 Å². The first-order valence-electron chi connectivity index (χ1n) is 5.75. The van der Waals surface area contributed by atoms with E-state index in [9.17, 15) is 8.42 Å². The van der Waals surface area contributed by atoms with E-state index in [1.165, 1.54) is 0 Å². The SMILES string of the molecule is Cc1cc(Br)cc(C)c1NS(=O)(=O)NCC(C)C. The van der Waals surface area contributed by atoms with Gasteiger partial charge in [-0.3, -0.25) is 4.72 Å². The monoisotopic (exact) mass is 334 g/mol. The summed E-state index contributed by atoms with van der Waals surface area (Å²) in [4.78, 5) is 0. The summed E-state index contributed by atoms with van der Waals surface area (Å²) in [6.45, 7) is 8.08. The standard InChI is InChI=1S/C12H19BrN2O2S/c1-8(2)7-14-18(16,17)15-12-9(3)5-11(13)6-10(12)4/h5-6,8,14-15H,7H2,1-4H3. The minimum atomic E-state index is -3.50. The maximum absolute atomic E-state index is 11.9. The number of anilines is 1. The molecule has 0 saturated heterocycles. The molecule has 1 aromatic carbocycles. The van der Waals surface area contributed by atoms with Gasteiger partial charge in [0.1, 0.15) is 0 Å². The van der Waals surface area contributed by atoms with Gasteiger partial charge in [0.15, 0.2) is 0 Å². The molecular formula is C12H19BrN2O2S. The molecule has 0 fully saturated rings. The fourth-order valence-electron chi connectivity index (χ4n) is 1.52. The smallest absolute Gasteiger partial charge is 0.271 e. The Kier molecular flexibility index (Phi) is 5.19. The molecule has 0 atom stereocenters. The Morgan fingerprint density at radius 3 is 2.17 bits per heavy atom. The molecule has 1 aromatic rings. The lowest BCUT2D eigenvalue weighted by atomic mass is 10.1. The van der Waals surface area contributed by atoms with Crippen LogP contribution in [0.3, 0.4) is 0 Å². The zero-order valence-electron chi connectivity index (χ0n) is 11.0. The van der Waals surface area contributed by atoms with Gasteiger partial charge in [-0.25, -0.2) is 0 Å². The summed E-state index contributed by atoms with van der Waals surface area (Å²) in [6.07, 6.45) is 0. The van der Waals surface area contributed by atoms with Crippen LogP contribution in [0.4, 0.5) is 5.69 Å². The first-order valence-corrected chi connectivity index (χ1v) is 8.03. The number of rotatable bonds is 5. The van der Waals surface area contributed by atoms with Gasteiger partial charge in [0.2, 0.25) is 0 Å². The molecule has 0 aliphatic heterocycles. The molecule has 0 bridgehead atoms. The van der Waals surface area contributed by atoms with E-state index in [1.54, 1.807) is 0 Å². The maximum atomic E-state index is 11.9. The topological polar surface area (TPSA) is 58.2 Å². The van der Waals surface area contributed by atoms with Crippen molar-refractivity contribution in [2.75, 3.05) is 11.3 Å². The van der Waals surface area contributed by atoms with Crippen LogP contribution in [-0.4, -0.2) is 15.0 Å². The van der Waals surface area contributed by atoms with Crippen molar-refractivity contribution in [1.29, 1.82) is 0 Å². The molecule has 0 aliphatic rings. The second-order valence-electron chi connectivity index (χ2n) is 4.76. The summed E-state index contributed by atoms with van der Waals surface area (Å²) >= 11 is 3.38. The Morgan fingerprint density at radius 1 is 1.22 bits per heavy atom. The highest BCUT2D eigenvalue weighted by atomic mass is 79.9. The molecule has 102 valence electrons. The molecule has 2 N–H and O–H groups in total.